The Morgan fingerprint density at radius 3 is 2.81 bits per heavy atom. The highest BCUT2D eigenvalue weighted by molar-refractivity contribution is 6.00. The van der Waals surface area contributed by atoms with Gasteiger partial charge < -0.3 is 5.32 Å². The van der Waals surface area contributed by atoms with E-state index in [0.717, 1.165) is 23.1 Å². The maximum absolute atomic E-state index is 11.8. The monoisotopic (exact) mass is 349 g/mol. The summed E-state index contributed by atoms with van der Waals surface area (Å²) in [5, 5.41) is 2.84. The Balaban J connectivity index is 1.97. The Hall–Kier alpha value is -3.02. The van der Waals surface area contributed by atoms with Crippen molar-refractivity contribution >= 4 is 22.6 Å². The maximum Gasteiger partial charge on any atom is 0.248 e. The number of aromatic nitrogens is 4. The minimum atomic E-state index is -0.162. The molecule has 1 aromatic carbocycles. The van der Waals surface area contributed by atoms with Gasteiger partial charge in [0.05, 0.1) is 22.9 Å². The van der Waals surface area contributed by atoms with E-state index >= 15 is 0 Å². The molecule has 0 spiro atoms. The van der Waals surface area contributed by atoms with Gasteiger partial charge in [-0.25, -0.2) is 9.97 Å². The molecule has 0 unspecified atom stereocenters. The first-order valence-electron chi connectivity index (χ1n) is 8.58. The van der Waals surface area contributed by atoms with E-state index in [1.807, 2.05) is 22.8 Å². The van der Waals surface area contributed by atoms with E-state index in [-0.39, 0.29) is 11.3 Å². The highest BCUT2D eigenvalue weighted by Crippen LogP contribution is 2.23. The molecule has 134 valence electrons. The molecule has 3 rings (SSSR count). The van der Waals surface area contributed by atoms with Gasteiger partial charge in [-0.15, -0.1) is 0 Å². The van der Waals surface area contributed by atoms with Crippen LogP contribution in [0.15, 0.2) is 49.1 Å². The summed E-state index contributed by atoms with van der Waals surface area (Å²) in [6, 6.07) is 5.61. The van der Waals surface area contributed by atoms with Gasteiger partial charge in [0.15, 0.2) is 5.82 Å². The van der Waals surface area contributed by atoms with Gasteiger partial charge >= 0.3 is 0 Å². The van der Waals surface area contributed by atoms with Crippen molar-refractivity contribution < 1.29 is 4.79 Å². The predicted molar refractivity (Wildman–Crippen MR) is 103 cm³/mol. The van der Waals surface area contributed by atoms with Gasteiger partial charge in [-0.1, -0.05) is 26.8 Å². The number of imidazole rings is 1. The number of fused-ring (bicyclic) bond motifs is 1. The van der Waals surface area contributed by atoms with E-state index in [9.17, 15) is 4.79 Å². The van der Waals surface area contributed by atoms with Gasteiger partial charge in [-0.3, -0.25) is 14.3 Å². The summed E-state index contributed by atoms with van der Waals surface area (Å²) in [4.78, 5) is 25.3. The van der Waals surface area contributed by atoms with Crippen LogP contribution < -0.4 is 5.32 Å². The summed E-state index contributed by atoms with van der Waals surface area (Å²) in [5.74, 6) is 0.552. The molecule has 1 amide bonds. The van der Waals surface area contributed by atoms with Crippen molar-refractivity contribution in [1.82, 2.24) is 19.5 Å². The zero-order chi connectivity index (χ0) is 18.7. The number of hydrogen-bond acceptors (Lipinski definition) is 4. The molecule has 1 N–H and O–H groups in total. The molecule has 0 bridgehead atoms. The fourth-order valence-electron chi connectivity index (χ4n) is 2.74. The number of nitrogens with one attached hydrogen (secondary N) is 1. The van der Waals surface area contributed by atoms with E-state index in [1.54, 1.807) is 31.7 Å². The van der Waals surface area contributed by atoms with E-state index in [2.05, 4.69) is 36.1 Å². The number of benzene rings is 1. The lowest BCUT2D eigenvalue weighted by atomic mass is 9.91. The molecule has 2 aromatic heterocycles. The molecule has 0 saturated carbocycles. The number of anilines is 1. The van der Waals surface area contributed by atoms with Gasteiger partial charge in [0.25, 0.3) is 0 Å². The van der Waals surface area contributed by atoms with E-state index in [1.165, 1.54) is 6.08 Å². The Morgan fingerprint density at radius 1 is 1.27 bits per heavy atom. The maximum atomic E-state index is 11.8. The Morgan fingerprint density at radius 2 is 2.08 bits per heavy atom. The van der Waals surface area contributed by atoms with Gasteiger partial charge in [-0.2, -0.15) is 0 Å². The number of carbonyl (C=O) groups excluding carboxylic acids is 1. The molecular weight excluding hydrogens is 326 g/mol. The van der Waals surface area contributed by atoms with Gasteiger partial charge in [-0.05, 0) is 43.0 Å². The van der Waals surface area contributed by atoms with Crippen molar-refractivity contribution in [3.8, 4) is 5.82 Å². The van der Waals surface area contributed by atoms with Crippen LogP contribution in [0.2, 0.25) is 0 Å². The first-order valence-corrected chi connectivity index (χ1v) is 8.58. The number of carbonyl (C=O) groups is 1. The van der Waals surface area contributed by atoms with Crippen LogP contribution in [-0.2, 0) is 11.2 Å². The number of hydrogen-bond donors (Lipinski definition) is 1. The predicted octanol–water partition coefficient (Wildman–Crippen LogP) is 3.92. The summed E-state index contributed by atoms with van der Waals surface area (Å²) in [6.45, 7) is 8.33. The smallest absolute Gasteiger partial charge is 0.248 e. The Kier molecular flexibility index (Phi) is 4.84. The first kappa shape index (κ1) is 17.8. The molecule has 6 heteroatoms. The van der Waals surface area contributed by atoms with Crippen LogP contribution >= 0.6 is 0 Å². The lowest BCUT2D eigenvalue weighted by molar-refractivity contribution is -0.111. The lowest BCUT2D eigenvalue weighted by Crippen LogP contribution is -2.12. The second-order valence-corrected chi connectivity index (χ2v) is 7.41. The molecule has 0 atom stereocenters. The van der Waals surface area contributed by atoms with Crippen molar-refractivity contribution in [3.63, 3.8) is 0 Å². The van der Waals surface area contributed by atoms with Crippen molar-refractivity contribution in [2.75, 3.05) is 5.32 Å². The zero-order valence-corrected chi connectivity index (χ0v) is 15.5. The third-order valence-corrected chi connectivity index (χ3v) is 3.76. The fourth-order valence-corrected chi connectivity index (χ4v) is 2.74. The minimum absolute atomic E-state index is 0.133. The molecule has 0 aliphatic rings. The van der Waals surface area contributed by atoms with Crippen LogP contribution in [0.5, 0.6) is 0 Å². The van der Waals surface area contributed by atoms with Crippen LogP contribution in [-0.4, -0.2) is 25.4 Å². The van der Waals surface area contributed by atoms with Crippen LogP contribution in [0, 0.1) is 5.41 Å². The largest absolute Gasteiger partial charge is 0.322 e. The fraction of sp³-hybridized carbons (Fsp3) is 0.300. The minimum Gasteiger partial charge on any atom is -0.322 e. The average Bonchev–Trinajstić information content (AvgIpc) is 2.97. The molecule has 0 aliphatic carbocycles. The number of amides is 1. The van der Waals surface area contributed by atoms with Crippen LogP contribution in [0.4, 0.5) is 5.69 Å². The zero-order valence-electron chi connectivity index (χ0n) is 15.5. The first-order chi connectivity index (χ1) is 12.4. The molecule has 6 nitrogen and oxygen atoms in total. The van der Waals surface area contributed by atoms with Gasteiger partial charge in [0.2, 0.25) is 5.91 Å². The van der Waals surface area contributed by atoms with Crippen molar-refractivity contribution in [3.05, 3.63) is 54.8 Å². The lowest BCUT2D eigenvalue weighted by Gasteiger charge is -2.17. The third-order valence-electron chi connectivity index (χ3n) is 3.76. The molecule has 0 aliphatic heterocycles. The molecule has 3 aromatic rings. The molecular formula is C20H23N5O. The highest BCUT2D eigenvalue weighted by Gasteiger charge is 2.14. The van der Waals surface area contributed by atoms with Gasteiger partial charge in [0, 0.05) is 11.9 Å². The van der Waals surface area contributed by atoms with Crippen molar-refractivity contribution in [1.29, 1.82) is 0 Å². The van der Waals surface area contributed by atoms with E-state index < -0.39 is 0 Å². The SMILES string of the molecule is C/C=C/C(=O)Nc1ccc2ncn(-c3cncc(CC(C)(C)C)n3)c2c1. The summed E-state index contributed by atoms with van der Waals surface area (Å²) in [6.07, 6.45) is 9.28. The normalized spacial score (nSPS) is 12.0. The summed E-state index contributed by atoms with van der Waals surface area (Å²) < 4.78 is 1.89. The summed E-state index contributed by atoms with van der Waals surface area (Å²) in [7, 11) is 0. The van der Waals surface area contributed by atoms with Gasteiger partial charge in [0.1, 0.15) is 6.33 Å². The quantitative estimate of drug-likeness (QED) is 0.725. The molecule has 0 saturated heterocycles. The van der Waals surface area contributed by atoms with Crippen molar-refractivity contribution in [2.24, 2.45) is 5.41 Å². The second kappa shape index (κ2) is 7.07. The number of rotatable bonds is 4. The van der Waals surface area contributed by atoms with Crippen LogP contribution in [0.3, 0.4) is 0 Å². The molecule has 0 radical (unpaired) electrons. The van der Waals surface area contributed by atoms with Crippen LogP contribution in [0.25, 0.3) is 16.9 Å². The summed E-state index contributed by atoms with van der Waals surface area (Å²) >= 11 is 0. The molecule has 26 heavy (non-hydrogen) atoms. The number of allylic oxidation sites excluding steroid dienone is 1. The van der Waals surface area contributed by atoms with E-state index in [0.29, 0.717) is 11.5 Å². The Bertz CT molecular complexity index is 966. The second-order valence-electron chi connectivity index (χ2n) is 7.41. The van der Waals surface area contributed by atoms with Crippen molar-refractivity contribution in [2.45, 2.75) is 34.1 Å². The molecule has 0 fully saturated rings. The standard InChI is InChI=1S/C20H23N5O/c1-5-6-19(26)24-14-7-8-16-17(9-14)25(13-22-16)18-12-21-11-15(23-18)10-20(2,3)4/h5-9,11-13H,10H2,1-4H3,(H,24,26)/b6-5+. The van der Waals surface area contributed by atoms with E-state index in [4.69, 9.17) is 4.98 Å². The van der Waals surface area contributed by atoms with Crippen LogP contribution in [0.1, 0.15) is 33.4 Å². The number of nitrogens with zero attached hydrogens (tertiary/aromatic N) is 4. The molecule has 2 heterocycles. The average molecular weight is 349 g/mol. The Labute approximate surface area is 153 Å². The third kappa shape index (κ3) is 4.14. The highest BCUT2D eigenvalue weighted by atomic mass is 16.1. The summed E-state index contributed by atoms with van der Waals surface area (Å²) in [5.41, 5.74) is 3.48. The topological polar surface area (TPSA) is 72.7 Å².